The summed E-state index contributed by atoms with van der Waals surface area (Å²) < 4.78 is 5.44. The lowest BCUT2D eigenvalue weighted by Gasteiger charge is -2.27. The monoisotopic (exact) mass is 193 g/mol. The molecule has 14 heavy (non-hydrogen) atoms. The summed E-state index contributed by atoms with van der Waals surface area (Å²) in [6.45, 7) is 1.12. The second kappa shape index (κ2) is 4.18. The van der Waals surface area contributed by atoms with E-state index in [4.69, 9.17) is 4.42 Å². The maximum absolute atomic E-state index is 5.44. The van der Waals surface area contributed by atoms with Gasteiger partial charge in [0.05, 0.1) is 6.26 Å². The van der Waals surface area contributed by atoms with Crippen molar-refractivity contribution in [1.82, 2.24) is 5.32 Å². The van der Waals surface area contributed by atoms with Gasteiger partial charge in [-0.25, -0.2) is 0 Å². The molecule has 2 nitrogen and oxygen atoms in total. The standard InChI is InChI=1S/C12H19NO/c1-13-10-12(6-2-3-7-12)9-11-5-4-8-14-11/h4-5,8,13H,2-3,6-7,9-10H2,1H3. The van der Waals surface area contributed by atoms with Gasteiger partial charge in [-0.2, -0.15) is 0 Å². The van der Waals surface area contributed by atoms with E-state index in [0.29, 0.717) is 5.41 Å². The predicted octanol–water partition coefficient (Wildman–Crippen LogP) is 2.60. The number of nitrogens with one attached hydrogen (secondary N) is 1. The summed E-state index contributed by atoms with van der Waals surface area (Å²) in [7, 11) is 2.04. The Bertz CT molecular complexity index is 260. The molecule has 2 heteroatoms. The Morgan fingerprint density at radius 2 is 2.21 bits per heavy atom. The minimum atomic E-state index is 0.465. The van der Waals surface area contributed by atoms with E-state index in [2.05, 4.69) is 11.4 Å². The number of hydrogen-bond donors (Lipinski definition) is 1. The molecule has 0 bridgehead atoms. The smallest absolute Gasteiger partial charge is 0.104 e. The Morgan fingerprint density at radius 3 is 2.79 bits per heavy atom. The molecule has 1 aliphatic carbocycles. The molecule has 1 fully saturated rings. The van der Waals surface area contributed by atoms with Crippen LogP contribution in [0.5, 0.6) is 0 Å². The van der Waals surface area contributed by atoms with Crippen molar-refractivity contribution in [2.45, 2.75) is 32.1 Å². The van der Waals surface area contributed by atoms with E-state index < -0.39 is 0 Å². The molecule has 0 spiro atoms. The molecule has 1 aromatic rings. The number of furan rings is 1. The third kappa shape index (κ3) is 2.01. The van der Waals surface area contributed by atoms with Gasteiger partial charge in [0.15, 0.2) is 0 Å². The van der Waals surface area contributed by atoms with Gasteiger partial charge >= 0.3 is 0 Å². The highest BCUT2D eigenvalue weighted by Gasteiger charge is 2.33. The first-order chi connectivity index (χ1) is 6.85. The number of rotatable bonds is 4. The van der Waals surface area contributed by atoms with Crippen LogP contribution in [-0.2, 0) is 6.42 Å². The summed E-state index contributed by atoms with van der Waals surface area (Å²) in [5.74, 6) is 1.14. The summed E-state index contributed by atoms with van der Waals surface area (Å²) in [6, 6.07) is 4.08. The molecule has 0 saturated heterocycles. The lowest BCUT2D eigenvalue weighted by atomic mass is 9.82. The third-order valence-electron chi connectivity index (χ3n) is 3.35. The summed E-state index contributed by atoms with van der Waals surface area (Å²) in [6.07, 6.45) is 8.31. The molecule has 2 rings (SSSR count). The maximum atomic E-state index is 5.44. The van der Waals surface area contributed by atoms with E-state index in [1.54, 1.807) is 6.26 Å². The lowest BCUT2D eigenvalue weighted by molar-refractivity contribution is 0.264. The molecule has 1 saturated carbocycles. The van der Waals surface area contributed by atoms with Crippen LogP contribution in [0.2, 0.25) is 0 Å². The Hall–Kier alpha value is -0.760. The molecule has 78 valence electrons. The predicted molar refractivity (Wildman–Crippen MR) is 57.2 cm³/mol. The largest absolute Gasteiger partial charge is 0.469 e. The average molecular weight is 193 g/mol. The SMILES string of the molecule is CNCC1(Cc2ccco2)CCCC1. The van der Waals surface area contributed by atoms with Gasteiger partial charge in [0.25, 0.3) is 0 Å². The summed E-state index contributed by atoms with van der Waals surface area (Å²) in [4.78, 5) is 0. The van der Waals surface area contributed by atoms with Crippen LogP contribution in [0, 0.1) is 5.41 Å². The van der Waals surface area contributed by atoms with Crippen LogP contribution >= 0.6 is 0 Å². The van der Waals surface area contributed by atoms with Gasteiger partial charge in [-0.05, 0) is 37.4 Å². The van der Waals surface area contributed by atoms with Crippen molar-refractivity contribution in [3.05, 3.63) is 24.2 Å². The fourth-order valence-electron chi connectivity index (χ4n) is 2.70. The van der Waals surface area contributed by atoms with E-state index in [0.717, 1.165) is 18.7 Å². The first kappa shape index (κ1) is 9.78. The van der Waals surface area contributed by atoms with E-state index in [1.165, 1.54) is 25.7 Å². The van der Waals surface area contributed by atoms with Crippen LogP contribution in [0.3, 0.4) is 0 Å². The highest BCUT2D eigenvalue weighted by molar-refractivity contribution is 5.04. The summed E-state index contributed by atoms with van der Waals surface area (Å²) in [5, 5.41) is 3.32. The third-order valence-corrected chi connectivity index (χ3v) is 3.35. The van der Waals surface area contributed by atoms with Gasteiger partial charge in [0, 0.05) is 13.0 Å². The molecule has 0 atom stereocenters. The molecular formula is C12H19NO. The summed E-state index contributed by atoms with van der Waals surface area (Å²) in [5.41, 5.74) is 0.465. The van der Waals surface area contributed by atoms with Crippen LogP contribution in [0.4, 0.5) is 0 Å². The van der Waals surface area contributed by atoms with Crippen molar-refractivity contribution >= 4 is 0 Å². The molecule has 0 amide bonds. The minimum Gasteiger partial charge on any atom is -0.469 e. The van der Waals surface area contributed by atoms with Crippen LogP contribution in [-0.4, -0.2) is 13.6 Å². The Labute approximate surface area is 85.7 Å². The molecular weight excluding hydrogens is 174 g/mol. The van der Waals surface area contributed by atoms with Crippen molar-refractivity contribution in [2.75, 3.05) is 13.6 Å². The van der Waals surface area contributed by atoms with Gasteiger partial charge in [-0.15, -0.1) is 0 Å². The van der Waals surface area contributed by atoms with Crippen LogP contribution < -0.4 is 5.32 Å². The highest BCUT2D eigenvalue weighted by atomic mass is 16.3. The van der Waals surface area contributed by atoms with E-state index in [1.807, 2.05) is 13.1 Å². The molecule has 0 radical (unpaired) electrons. The van der Waals surface area contributed by atoms with Crippen molar-refractivity contribution in [3.63, 3.8) is 0 Å². The molecule has 0 aliphatic heterocycles. The van der Waals surface area contributed by atoms with Crippen LogP contribution in [0.1, 0.15) is 31.4 Å². The van der Waals surface area contributed by atoms with Crippen molar-refractivity contribution in [2.24, 2.45) is 5.41 Å². The minimum absolute atomic E-state index is 0.465. The first-order valence-electron chi connectivity index (χ1n) is 5.52. The van der Waals surface area contributed by atoms with Gasteiger partial charge in [0.2, 0.25) is 0 Å². The number of hydrogen-bond acceptors (Lipinski definition) is 2. The summed E-state index contributed by atoms with van der Waals surface area (Å²) >= 11 is 0. The van der Waals surface area contributed by atoms with E-state index in [-0.39, 0.29) is 0 Å². The zero-order valence-corrected chi connectivity index (χ0v) is 8.88. The zero-order valence-electron chi connectivity index (χ0n) is 8.88. The molecule has 1 aromatic heterocycles. The topological polar surface area (TPSA) is 25.2 Å². The van der Waals surface area contributed by atoms with Crippen LogP contribution in [0.25, 0.3) is 0 Å². The van der Waals surface area contributed by atoms with Gasteiger partial charge < -0.3 is 9.73 Å². The van der Waals surface area contributed by atoms with Crippen molar-refractivity contribution < 1.29 is 4.42 Å². The molecule has 1 heterocycles. The van der Waals surface area contributed by atoms with Crippen LogP contribution in [0.15, 0.2) is 22.8 Å². The average Bonchev–Trinajstić information content (AvgIpc) is 2.78. The Balaban J connectivity index is 2.04. The van der Waals surface area contributed by atoms with Crippen molar-refractivity contribution in [3.8, 4) is 0 Å². The molecule has 1 aliphatic rings. The maximum Gasteiger partial charge on any atom is 0.104 e. The van der Waals surface area contributed by atoms with E-state index >= 15 is 0 Å². The fraction of sp³-hybridized carbons (Fsp3) is 0.667. The first-order valence-corrected chi connectivity index (χ1v) is 5.52. The molecule has 0 unspecified atom stereocenters. The quantitative estimate of drug-likeness (QED) is 0.795. The molecule has 1 N–H and O–H groups in total. The van der Waals surface area contributed by atoms with Gasteiger partial charge in [-0.1, -0.05) is 12.8 Å². The van der Waals surface area contributed by atoms with E-state index in [9.17, 15) is 0 Å². The Kier molecular flexibility index (Phi) is 2.92. The molecule has 0 aromatic carbocycles. The van der Waals surface area contributed by atoms with Gasteiger partial charge in [-0.3, -0.25) is 0 Å². The highest BCUT2D eigenvalue weighted by Crippen LogP contribution is 2.40. The fourth-order valence-corrected chi connectivity index (χ4v) is 2.70. The zero-order chi connectivity index (χ0) is 9.86. The van der Waals surface area contributed by atoms with Gasteiger partial charge in [0.1, 0.15) is 5.76 Å². The Morgan fingerprint density at radius 1 is 1.43 bits per heavy atom. The van der Waals surface area contributed by atoms with Crippen molar-refractivity contribution in [1.29, 1.82) is 0 Å². The lowest BCUT2D eigenvalue weighted by Crippen LogP contribution is -2.31. The second-order valence-corrected chi connectivity index (χ2v) is 4.49. The normalized spacial score (nSPS) is 20.1. The second-order valence-electron chi connectivity index (χ2n) is 4.49.